The van der Waals surface area contributed by atoms with E-state index < -0.39 is 5.97 Å². The van der Waals surface area contributed by atoms with Crippen LogP contribution in [0.25, 0.3) is 5.69 Å². The van der Waals surface area contributed by atoms with Crippen LogP contribution in [0.3, 0.4) is 0 Å². The van der Waals surface area contributed by atoms with Crippen LogP contribution < -0.4 is 0 Å². The summed E-state index contributed by atoms with van der Waals surface area (Å²) < 4.78 is 1.57. The standard InChI is InChI=1S/C12H7N5O2S/c13-4-8-1-2-10(3-9(8)5-14)17-7-15-16-12(17)20-6-11(18)19/h1-3,7H,6H2,(H,18,19). The van der Waals surface area contributed by atoms with Gasteiger partial charge in [0, 0.05) is 0 Å². The van der Waals surface area contributed by atoms with E-state index in [0.29, 0.717) is 10.8 Å². The predicted molar refractivity (Wildman–Crippen MR) is 69.1 cm³/mol. The Labute approximate surface area is 118 Å². The molecule has 0 saturated heterocycles. The van der Waals surface area contributed by atoms with Gasteiger partial charge in [0.05, 0.1) is 22.6 Å². The van der Waals surface area contributed by atoms with E-state index in [1.165, 1.54) is 18.5 Å². The quantitative estimate of drug-likeness (QED) is 0.838. The molecule has 0 spiro atoms. The number of aromatic nitrogens is 3. The zero-order valence-corrected chi connectivity index (χ0v) is 10.8. The van der Waals surface area contributed by atoms with Crippen molar-refractivity contribution in [1.82, 2.24) is 14.8 Å². The first-order valence-corrected chi connectivity index (χ1v) is 6.33. The van der Waals surface area contributed by atoms with Gasteiger partial charge < -0.3 is 5.11 Å². The third kappa shape index (κ3) is 2.76. The molecule has 8 heteroatoms. The Kier molecular flexibility index (Phi) is 3.99. The first-order valence-electron chi connectivity index (χ1n) is 5.35. The predicted octanol–water partition coefficient (Wildman–Crippen LogP) is 1.19. The van der Waals surface area contributed by atoms with Gasteiger partial charge in [-0.25, -0.2) is 0 Å². The van der Waals surface area contributed by atoms with Crippen molar-refractivity contribution in [3.8, 4) is 17.8 Å². The summed E-state index contributed by atoms with van der Waals surface area (Å²) >= 11 is 1.02. The summed E-state index contributed by atoms with van der Waals surface area (Å²) in [6.07, 6.45) is 1.42. The molecule has 0 bridgehead atoms. The molecule has 0 saturated carbocycles. The zero-order valence-electron chi connectivity index (χ0n) is 10.0. The van der Waals surface area contributed by atoms with Crippen molar-refractivity contribution in [3.05, 3.63) is 35.7 Å². The Morgan fingerprint density at radius 1 is 1.35 bits per heavy atom. The molecule has 98 valence electrons. The fourth-order valence-corrected chi connectivity index (χ4v) is 2.15. The number of carboxylic acids is 1. The lowest BCUT2D eigenvalue weighted by Crippen LogP contribution is -2.01. The van der Waals surface area contributed by atoms with Gasteiger partial charge in [-0.2, -0.15) is 10.5 Å². The number of benzene rings is 1. The van der Waals surface area contributed by atoms with Gasteiger partial charge in [0.2, 0.25) is 0 Å². The van der Waals surface area contributed by atoms with Crippen molar-refractivity contribution in [3.63, 3.8) is 0 Å². The highest BCUT2D eigenvalue weighted by Gasteiger charge is 2.11. The highest BCUT2D eigenvalue weighted by Crippen LogP contribution is 2.21. The summed E-state index contributed by atoms with van der Waals surface area (Å²) in [5.74, 6) is -1.10. The molecule has 2 rings (SSSR count). The molecular weight excluding hydrogens is 278 g/mol. The maximum atomic E-state index is 10.6. The molecule has 0 aliphatic heterocycles. The molecule has 7 nitrogen and oxygen atoms in total. The SMILES string of the molecule is N#Cc1ccc(-n2cnnc2SCC(=O)O)cc1C#N. The second-order valence-corrected chi connectivity index (χ2v) is 4.56. The van der Waals surface area contributed by atoms with E-state index in [4.69, 9.17) is 15.6 Å². The van der Waals surface area contributed by atoms with Crippen molar-refractivity contribution < 1.29 is 9.90 Å². The van der Waals surface area contributed by atoms with Crippen molar-refractivity contribution in [2.45, 2.75) is 5.16 Å². The van der Waals surface area contributed by atoms with E-state index in [-0.39, 0.29) is 16.9 Å². The number of hydrogen-bond donors (Lipinski definition) is 1. The van der Waals surface area contributed by atoms with Gasteiger partial charge in [0.25, 0.3) is 0 Å². The van der Waals surface area contributed by atoms with Crippen molar-refractivity contribution in [1.29, 1.82) is 10.5 Å². The minimum Gasteiger partial charge on any atom is -0.481 e. The Hall–Kier alpha value is -2.84. The van der Waals surface area contributed by atoms with Crippen LogP contribution in [0.2, 0.25) is 0 Å². The van der Waals surface area contributed by atoms with Crippen molar-refractivity contribution >= 4 is 17.7 Å². The monoisotopic (exact) mass is 285 g/mol. The summed E-state index contributed by atoms with van der Waals surface area (Å²) in [6, 6.07) is 8.58. The highest BCUT2D eigenvalue weighted by atomic mass is 32.2. The van der Waals surface area contributed by atoms with E-state index in [1.807, 2.05) is 12.1 Å². The minimum absolute atomic E-state index is 0.139. The smallest absolute Gasteiger partial charge is 0.313 e. The van der Waals surface area contributed by atoms with Crippen LogP contribution in [-0.4, -0.2) is 31.6 Å². The molecular formula is C12H7N5O2S. The number of thioether (sulfide) groups is 1. The van der Waals surface area contributed by atoms with Crippen LogP contribution in [0.15, 0.2) is 29.7 Å². The lowest BCUT2D eigenvalue weighted by atomic mass is 10.1. The van der Waals surface area contributed by atoms with Gasteiger partial charge >= 0.3 is 5.97 Å². The Morgan fingerprint density at radius 3 is 2.75 bits per heavy atom. The third-order valence-electron chi connectivity index (χ3n) is 2.36. The molecule has 1 heterocycles. The fourth-order valence-electron chi connectivity index (χ4n) is 1.50. The van der Waals surface area contributed by atoms with E-state index in [0.717, 1.165) is 11.8 Å². The van der Waals surface area contributed by atoms with Gasteiger partial charge in [-0.05, 0) is 18.2 Å². The normalized spacial score (nSPS) is 9.70. The lowest BCUT2D eigenvalue weighted by molar-refractivity contribution is -0.133. The summed E-state index contributed by atoms with van der Waals surface area (Å²) in [5.41, 5.74) is 1.12. The van der Waals surface area contributed by atoms with E-state index >= 15 is 0 Å². The number of nitrogens with zero attached hydrogens (tertiary/aromatic N) is 5. The van der Waals surface area contributed by atoms with Crippen molar-refractivity contribution in [2.75, 3.05) is 5.75 Å². The number of aliphatic carboxylic acids is 1. The third-order valence-corrected chi connectivity index (χ3v) is 3.29. The second-order valence-electron chi connectivity index (χ2n) is 3.62. The molecule has 0 aliphatic rings. The summed E-state index contributed by atoms with van der Waals surface area (Å²) in [6.45, 7) is 0. The van der Waals surface area contributed by atoms with Gasteiger partial charge in [-0.15, -0.1) is 10.2 Å². The topological polar surface area (TPSA) is 116 Å². The van der Waals surface area contributed by atoms with Crippen LogP contribution in [0.1, 0.15) is 11.1 Å². The summed E-state index contributed by atoms with van der Waals surface area (Å²) in [5, 5.41) is 34.5. The molecule has 0 aliphatic carbocycles. The van der Waals surface area contributed by atoms with E-state index in [1.54, 1.807) is 10.6 Å². The number of rotatable bonds is 4. The lowest BCUT2D eigenvalue weighted by Gasteiger charge is -2.06. The molecule has 20 heavy (non-hydrogen) atoms. The van der Waals surface area contributed by atoms with Crippen LogP contribution in [0, 0.1) is 22.7 Å². The number of nitriles is 2. The van der Waals surface area contributed by atoms with Crippen LogP contribution in [-0.2, 0) is 4.79 Å². The zero-order chi connectivity index (χ0) is 14.5. The van der Waals surface area contributed by atoms with Gasteiger partial charge in [0.15, 0.2) is 5.16 Å². The fraction of sp³-hybridized carbons (Fsp3) is 0.0833. The maximum Gasteiger partial charge on any atom is 0.313 e. The molecule has 1 aromatic carbocycles. The van der Waals surface area contributed by atoms with Gasteiger partial charge in [-0.1, -0.05) is 11.8 Å². The van der Waals surface area contributed by atoms with Crippen molar-refractivity contribution in [2.24, 2.45) is 0 Å². The maximum absolute atomic E-state index is 10.6. The summed E-state index contributed by atoms with van der Waals surface area (Å²) in [7, 11) is 0. The minimum atomic E-state index is -0.956. The molecule has 0 radical (unpaired) electrons. The average molecular weight is 285 g/mol. The molecule has 0 atom stereocenters. The largest absolute Gasteiger partial charge is 0.481 e. The Morgan fingerprint density at radius 2 is 2.10 bits per heavy atom. The molecule has 0 amide bonds. The molecule has 0 fully saturated rings. The number of carboxylic acid groups (broad SMARTS) is 1. The van der Waals surface area contributed by atoms with Crippen LogP contribution in [0.4, 0.5) is 0 Å². The molecule has 0 unspecified atom stereocenters. The first kappa shape index (κ1) is 13.6. The number of hydrogen-bond acceptors (Lipinski definition) is 6. The Bertz CT molecular complexity index is 741. The van der Waals surface area contributed by atoms with E-state index in [2.05, 4.69) is 10.2 Å². The van der Waals surface area contributed by atoms with Crippen LogP contribution in [0.5, 0.6) is 0 Å². The van der Waals surface area contributed by atoms with Gasteiger partial charge in [-0.3, -0.25) is 9.36 Å². The first-order chi connectivity index (χ1) is 9.65. The average Bonchev–Trinajstić information content (AvgIpc) is 2.92. The highest BCUT2D eigenvalue weighted by molar-refractivity contribution is 7.99. The Balaban J connectivity index is 2.38. The van der Waals surface area contributed by atoms with E-state index in [9.17, 15) is 4.79 Å². The van der Waals surface area contributed by atoms with Crippen LogP contribution >= 0.6 is 11.8 Å². The molecule has 1 aromatic heterocycles. The molecule has 2 aromatic rings. The summed E-state index contributed by atoms with van der Waals surface area (Å²) in [4.78, 5) is 10.6. The van der Waals surface area contributed by atoms with Gasteiger partial charge in [0.1, 0.15) is 18.5 Å². The number of carbonyl (C=O) groups is 1. The molecule has 1 N–H and O–H groups in total. The second kappa shape index (κ2) is 5.87.